The van der Waals surface area contributed by atoms with Crippen LogP contribution >= 0.6 is 11.8 Å². The molecule has 2 N–H and O–H groups in total. The van der Waals surface area contributed by atoms with Gasteiger partial charge in [-0.15, -0.1) is 11.8 Å². The molecule has 0 radical (unpaired) electrons. The molecule has 1 fully saturated rings. The van der Waals surface area contributed by atoms with E-state index in [-0.39, 0.29) is 11.9 Å². The van der Waals surface area contributed by atoms with E-state index in [0.29, 0.717) is 19.8 Å². The maximum atomic E-state index is 11.7. The van der Waals surface area contributed by atoms with Crippen LogP contribution in [0.15, 0.2) is 30.3 Å². The molecule has 2 rings (SSSR count). The van der Waals surface area contributed by atoms with Crippen LogP contribution in [0.2, 0.25) is 0 Å². The Morgan fingerprint density at radius 3 is 3.00 bits per heavy atom. The third-order valence-electron chi connectivity index (χ3n) is 2.91. The molecule has 19 heavy (non-hydrogen) atoms. The number of hydrogen-bond donors (Lipinski definition) is 2. The molecule has 1 saturated heterocycles. The van der Waals surface area contributed by atoms with Gasteiger partial charge in [-0.05, 0) is 12.0 Å². The van der Waals surface area contributed by atoms with E-state index >= 15 is 0 Å². The van der Waals surface area contributed by atoms with Crippen molar-refractivity contribution in [3.8, 4) is 0 Å². The van der Waals surface area contributed by atoms with Gasteiger partial charge in [0.2, 0.25) is 5.91 Å². The quantitative estimate of drug-likeness (QED) is 0.741. The van der Waals surface area contributed by atoms with Crippen molar-refractivity contribution >= 4 is 17.7 Å². The number of ether oxygens (including phenoxy) is 1. The van der Waals surface area contributed by atoms with Crippen molar-refractivity contribution < 1.29 is 9.53 Å². The van der Waals surface area contributed by atoms with E-state index < -0.39 is 0 Å². The highest BCUT2D eigenvalue weighted by Gasteiger charge is 2.21. The predicted octanol–water partition coefficient (Wildman–Crippen LogP) is 1.37. The van der Waals surface area contributed by atoms with Crippen molar-refractivity contribution in [2.75, 3.05) is 24.8 Å². The van der Waals surface area contributed by atoms with E-state index in [1.807, 2.05) is 30.3 Å². The normalized spacial score (nSPS) is 18.4. The van der Waals surface area contributed by atoms with Crippen LogP contribution in [-0.2, 0) is 16.1 Å². The van der Waals surface area contributed by atoms with Crippen LogP contribution in [0.1, 0.15) is 12.0 Å². The Hall–Kier alpha value is -1.04. The molecule has 0 bridgehead atoms. The van der Waals surface area contributed by atoms with Gasteiger partial charge in [-0.1, -0.05) is 30.3 Å². The second-order valence-electron chi connectivity index (χ2n) is 4.45. The lowest BCUT2D eigenvalue weighted by molar-refractivity contribution is -0.122. The smallest absolute Gasteiger partial charge is 0.238 e. The van der Waals surface area contributed by atoms with E-state index in [9.17, 15) is 4.79 Å². The molecular formula is C14H20N2O2S. The maximum absolute atomic E-state index is 11.7. The third-order valence-corrected chi connectivity index (χ3v) is 3.85. The van der Waals surface area contributed by atoms with Crippen molar-refractivity contribution in [2.24, 2.45) is 0 Å². The molecule has 1 aliphatic rings. The van der Waals surface area contributed by atoms with Crippen molar-refractivity contribution in [1.29, 1.82) is 0 Å². The zero-order chi connectivity index (χ0) is 13.3. The van der Waals surface area contributed by atoms with Gasteiger partial charge in [0.05, 0.1) is 12.6 Å². The molecular weight excluding hydrogens is 260 g/mol. The molecule has 0 spiro atoms. The summed E-state index contributed by atoms with van der Waals surface area (Å²) >= 11 is 1.76. The molecule has 1 aromatic carbocycles. The first-order valence-corrected chi connectivity index (χ1v) is 7.72. The number of rotatable bonds is 7. The van der Waals surface area contributed by atoms with Gasteiger partial charge < -0.3 is 10.1 Å². The molecule has 104 valence electrons. The summed E-state index contributed by atoms with van der Waals surface area (Å²) in [7, 11) is 0. The lowest BCUT2D eigenvalue weighted by Crippen LogP contribution is -2.42. The lowest BCUT2D eigenvalue weighted by atomic mass is 10.2. The predicted molar refractivity (Wildman–Crippen MR) is 78.0 cm³/mol. The van der Waals surface area contributed by atoms with Crippen molar-refractivity contribution in [2.45, 2.75) is 19.1 Å². The van der Waals surface area contributed by atoms with E-state index in [4.69, 9.17) is 4.74 Å². The highest BCUT2D eigenvalue weighted by atomic mass is 32.2. The Labute approximate surface area is 118 Å². The second-order valence-corrected chi connectivity index (χ2v) is 5.48. The summed E-state index contributed by atoms with van der Waals surface area (Å²) in [5, 5.41) is 6.08. The zero-order valence-electron chi connectivity index (χ0n) is 10.9. The summed E-state index contributed by atoms with van der Waals surface area (Å²) in [6.07, 6.45) is 0.846. The van der Waals surface area contributed by atoms with E-state index in [1.54, 1.807) is 11.8 Å². The van der Waals surface area contributed by atoms with Gasteiger partial charge in [0.1, 0.15) is 0 Å². The van der Waals surface area contributed by atoms with Crippen LogP contribution in [-0.4, -0.2) is 36.7 Å². The minimum atomic E-state index is -0.0183. The molecule has 1 aliphatic heterocycles. The van der Waals surface area contributed by atoms with Crippen LogP contribution in [0.4, 0.5) is 0 Å². The van der Waals surface area contributed by atoms with Gasteiger partial charge in [0.15, 0.2) is 0 Å². The third kappa shape index (κ3) is 5.22. The topological polar surface area (TPSA) is 50.4 Å². The molecule has 0 aliphatic carbocycles. The first-order valence-electron chi connectivity index (χ1n) is 6.57. The van der Waals surface area contributed by atoms with Crippen molar-refractivity contribution in [3.63, 3.8) is 0 Å². The first-order chi connectivity index (χ1) is 9.36. The number of carbonyl (C=O) groups excluding carboxylic acids is 1. The zero-order valence-corrected chi connectivity index (χ0v) is 11.7. The van der Waals surface area contributed by atoms with Crippen LogP contribution in [0.3, 0.4) is 0 Å². The summed E-state index contributed by atoms with van der Waals surface area (Å²) in [6, 6.07) is 10.1. The minimum absolute atomic E-state index is 0.0183. The molecule has 1 amide bonds. The summed E-state index contributed by atoms with van der Waals surface area (Å²) < 4.78 is 5.56. The van der Waals surface area contributed by atoms with E-state index in [0.717, 1.165) is 18.1 Å². The van der Waals surface area contributed by atoms with Gasteiger partial charge in [0.25, 0.3) is 0 Å². The second kappa shape index (κ2) is 8.19. The molecule has 0 saturated carbocycles. The van der Waals surface area contributed by atoms with E-state index in [2.05, 4.69) is 10.6 Å². The number of benzene rings is 1. The Morgan fingerprint density at radius 2 is 2.26 bits per heavy atom. The number of carbonyl (C=O) groups is 1. The Morgan fingerprint density at radius 1 is 1.42 bits per heavy atom. The summed E-state index contributed by atoms with van der Waals surface area (Å²) in [5.74, 6) is 1.85. The standard InChI is InChI=1S/C14H20N2O2S/c17-14(13-10-19-11-16-13)15-7-4-8-18-9-12-5-2-1-3-6-12/h1-3,5-6,13,16H,4,7-11H2,(H,15,17). The van der Waals surface area contributed by atoms with Crippen molar-refractivity contribution in [1.82, 2.24) is 10.6 Å². The Bertz CT molecular complexity index is 380. The minimum Gasteiger partial charge on any atom is -0.377 e. The molecule has 1 unspecified atom stereocenters. The molecule has 4 nitrogen and oxygen atoms in total. The summed E-state index contributed by atoms with van der Waals surface area (Å²) in [4.78, 5) is 11.7. The number of hydrogen-bond acceptors (Lipinski definition) is 4. The van der Waals surface area contributed by atoms with Crippen LogP contribution in [0.25, 0.3) is 0 Å². The van der Waals surface area contributed by atoms with Gasteiger partial charge >= 0.3 is 0 Å². The first kappa shape index (κ1) is 14.4. The molecule has 1 atom stereocenters. The highest BCUT2D eigenvalue weighted by Crippen LogP contribution is 2.09. The van der Waals surface area contributed by atoms with Gasteiger partial charge in [0, 0.05) is 24.8 Å². The van der Waals surface area contributed by atoms with Gasteiger partial charge in [-0.3, -0.25) is 10.1 Å². The van der Waals surface area contributed by atoms with Crippen LogP contribution < -0.4 is 10.6 Å². The molecule has 1 aromatic rings. The van der Waals surface area contributed by atoms with Gasteiger partial charge in [-0.25, -0.2) is 0 Å². The number of amides is 1. The monoisotopic (exact) mass is 280 g/mol. The maximum Gasteiger partial charge on any atom is 0.238 e. The average molecular weight is 280 g/mol. The van der Waals surface area contributed by atoms with E-state index in [1.165, 1.54) is 5.56 Å². The van der Waals surface area contributed by atoms with Crippen LogP contribution in [0.5, 0.6) is 0 Å². The van der Waals surface area contributed by atoms with Gasteiger partial charge in [-0.2, -0.15) is 0 Å². The molecule has 0 aromatic heterocycles. The highest BCUT2D eigenvalue weighted by molar-refractivity contribution is 7.99. The summed E-state index contributed by atoms with van der Waals surface area (Å²) in [6.45, 7) is 1.98. The lowest BCUT2D eigenvalue weighted by Gasteiger charge is -2.10. The molecule has 1 heterocycles. The van der Waals surface area contributed by atoms with Crippen molar-refractivity contribution in [3.05, 3.63) is 35.9 Å². The average Bonchev–Trinajstić information content (AvgIpc) is 2.98. The van der Waals surface area contributed by atoms with Crippen LogP contribution in [0, 0.1) is 0 Å². The Kier molecular flexibility index (Phi) is 6.20. The molecule has 5 heteroatoms. The fourth-order valence-electron chi connectivity index (χ4n) is 1.84. The fraction of sp³-hybridized carbons (Fsp3) is 0.500. The SMILES string of the molecule is O=C(NCCCOCc1ccccc1)C1CSCN1. The number of nitrogens with one attached hydrogen (secondary N) is 2. The summed E-state index contributed by atoms with van der Waals surface area (Å²) in [5.41, 5.74) is 1.18. The fourth-order valence-corrected chi connectivity index (χ4v) is 2.78. The largest absolute Gasteiger partial charge is 0.377 e. The number of thioether (sulfide) groups is 1. The Balaban J connectivity index is 1.49.